The number of rotatable bonds is 6. The van der Waals surface area contributed by atoms with Crippen LogP contribution in [0.3, 0.4) is 0 Å². The number of hydrogen-bond acceptors (Lipinski definition) is 3. The molecular weight excluding hydrogens is 248 g/mol. The number of nitrogens with one attached hydrogen (secondary N) is 1. The highest BCUT2D eigenvalue weighted by atomic mass is 32.2. The van der Waals surface area contributed by atoms with Gasteiger partial charge in [0, 0.05) is 13.1 Å². The van der Waals surface area contributed by atoms with Gasteiger partial charge in [-0.05, 0) is 42.5 Å². The summed E-state index contributed by atoms with van der Waals surface area (Å²) >= 11 is 0. The highest BCUT2D eigenvalue weighted by molar-refractivity contribution is 7.89. The highest BCUT2D eigenvalue weighted by Gasteiger charge is 2.22. The fourth-order valence-corrected chi connectivity index (χ4v) is 3.08. The smallest absolute Gasteiger partial charge is 0.240 e. The van der Waals surface area contributed by atoms with Crippen molar-refractivity contribution in [3.63, 3.8) is 0 Å². The van der Waals surface area contributed by atoms with Crippen LogP contribution in [0.5, 0.6) is 0 Å². The fourth-order valence-electron chi connectivity index (χ4n) is 1.95. The summed E-state index contributed by atoms with van der Waals surface area (Å²) in [7, 11) is -3.37. The first kappa shape index (κ1) is 13.5. The monoisotopic (exact) mass is 268 g/mol. The van der Waals surface area contributed by atoms with E-state index in [1.165, 1.54) is 12.8 Å². The van der Waals surface area contributed by atoms with Crippen molar-refractivity contribution in [1.29, 1.82) is 0 Å². The van der Waals surface area contributed by atoms with E-state index < -0.39 is 10.0 Å². The van der Waals surface area contributed by atoms with E-state index >= 15 is 0 Å². The Bertz CT molecular complexity index is 522. The number of hydrogen-bond donors (Lipinski definition) is 2. The van der Waals surface area contributed by atoms with Gasteiger partial charge < -0.3 is 5.73 Å². The van der Waals surface area contributed by atoms with E-state index in [0.717, 1.165) is 23.5 Å². The molecule has 1 aliphatic carbocycles. The first-order valence-electron chi connectivity index (χ1n) is 6.32. The first-order valence-corrected chi connectivity index (χ1v) is 7.80. The summed E-state index contributed by atoms with van der Waals surface area (Å²) in [6.07, 6.45) is 3.43. The van der Waals surface area contributed by atoms with Crippen molar-refractivity contribution in [2.75, 3.05) is 6.54 Å². The lowest BCUT2D eigenvalue weighted by molar-refractivity contribution is 0.575. The van der Waals surface area contributed by atoms with Crippen LogP contribution < -0.4 is 10.5 Å². The number of nitrogens with two attached hydrogens (primary N) is 1. The number of sulfonamides is 1. The normalized spacial score (nSPS) is 15.9. The van der Waals surface area contributed by atoms with Gasteiger partial charge in [-0.1, -0.05) is 18.9 Å². The summed E-state index contributed by atoms with van der Waals surface area (Å²) in [4.78, 5) is 0.327. The second-order valence-electron chi connectivity index (χ2n) is 4.92. The molecule has 1 fully saturated rings. The summed E-state index contributed by atoms with van der Waals surface area (Å²) in [5, 5.41) is 0. The second-order valence-corrected chi connectivity index (χ2v) is 6.69. The van der Waals surface area contributed by atoms with Crippen LogP contribution >= 0.6 is 0 Å². The lowest BCUT2D eigenvalue weighted by Crippen LogP contribution is -2.25. The summed E-state index contributed by atoms with van der Waals surface area (Å²) in [6.45, 7) is 2.84. The van der Waals surface area contributed by atoms with Crippen molar-refractivity contribution in [2.45, 2.75) is 37.6 Å². The SMILES string of the molecule is Cc1cc(S(=O)(=O)NCCC2CC2)ccc1CN. The van der Waals surface area contributed by atoms with Crippen LogP contribution in [-0.4, -0.2) is 15.0 Å². The molecule has 0 heterocycles. The lowest BCUT2D eigenvalue weighted by atomic mass is 10.1. The van der Waals surface area contributed by atoms with Gasteiger partial charge in [0.1, 0.15) is 0 Å². The predicted octanol–water partition coefficient (Wildman–Crippen LogP) is 1.53. The molecule has 0 saturated heterocycles. The van der Waals surface area contributed by atoms with Crippen LogP contribution in [0.4, 0.5) is 0 Å². The Kier molecular flexibility index (Phi) is 4.04. The quantitative estimate of drug-likeness (QED) is 0.822. The third kappa shape index (κ3) is 3.31. The zero-order valence-electron chi connectivity index (χ0n) is 10.6. The van der Waals surface area contributed by atoms with Gasteiger partial charge >= 0.3 is 0 Å². The highest BCUT2D eigenvalue weighted by Crippen LogP contribution is 2.31. The van der Waals surface area contributed by atoms with E-state index in [1.54, 1.807) is 18.2 Å². The fraction of sp³-hybridized carbons (Fsp3) is 0.538. The van der Waals surface area contributed by atoms with E-state index in [0.29, 0.717) is 18.0 Å². The minimum Gasteiger partial charge on any atom is -0.326 e. The molecule has 1 aromatic rings. The van der Waals surface area contributed by atoms with Crippen molar-refractivity contribution in [3.05, 3.63) is 29.3 Å². The molecule has 0 bridgehead atoms. The van der Waals surface area contributed by atoms with Crippen LogP contribution in [-0.2, 0) is 16.6 Å². The van der Waals surface area contributed by atoms with Crippen molar-refractivity contribution in [3.8, 4) is 0 Å². The molecule has 100 valence electrons. The number of aryl methyl sites for hydroxylation is 1. The topological polar surface area (TPSA) is 72.2 Å². The van der Waals surface area contributed by atoms with E-state index in [-0.39, 0.29) is 0 Å². The molecule has 0 aromatic heterocycles. The maximum absolute atomic E-state index is 12.0. The molecule has 5 heteroatoms. The molecule has 18 heavy (non-hydrogen) atoms. The van der Waals surface area contributed by atoms with Gasteiger partial charge in [0.2, 0.25) is 10.0 Å². The van der Waals surface area contributed by atoms with Gasteiger partial charge in [0.15, 0.2) is 0 Å². The third-order valence-electron chi connectivity index (χ3n) is 3.39. The summed E-state index contributed by atoms with van der Waals surface area (Å²) in [5.74, 6) is 0.731. The molecule has 0 radical (unpaired) electrons. The van der Waals surface area contributed by atoms with E-state index in [1.807, 2.05) is 6.92 Å². The summed E-state index contributed by atoms with van der Waals surface area (Å²) in [5.41, 5.74) is 7.46. The van der Waals surface area contributed by atoms with Gasteiger partial charge in [-0.3, -0.25) is 0 Å². The second kappa shape index (κ2) is 5.38. The molecule has 0 amide bonds. The third-order valence-corrected chi connectivity index (χ3v) is 4.84. The summed E-state index contributed by atoms with van der Waals surface area (Å²) in [6, 6.07) is 5.08. The Morgan fingerprint density at radius 3 is 2.67 bits per heavy atom. The zero-order chi connectivity index (χ0) is 13.2. The molecule has 2 rings (SSSR count). The average molecular weight is 268 g/mol. The Morgan fingerprint density at radius 1 is 1.39 bits per heavy atom. The molecule has 0 spiro atoms. The maximum atomic E-state index is 12.0. The molecule has 3 N–H and O–H groups in total. The molecule has 1 aromatic carbocycles. The first-order chi connectivity index (χ1) is 8.53. The van der Waals surface area contributed by atoms with Gasteiger partial charge in [-0.2, -0.15) is 0 Å². The van der Waals surface area contributed by atoms with Gasteiger partial charge in [0.05, 0.1) is 4.90 Å². The molecule has 0 aliphatic heterocycles. The lowest BCUT2D eigenvalue weighted by Gasteiger charge is -2.09. The van der Waals surface area contributed by atoms with Crippen molar-refractivity contribution < 1.29 is 8.42 Å². The van der Waals surface area contributed by atoms with E-state index in [9.17, 15) is 8.42 Å². The minimum absolute atomic E-state index is 0.327. The molecular formula is C13H20N2O2S. The van der Waals surface area contributed by atoms with Gasteiger partial charge in [-0.15, -0.1) is 0 Å². The van der Waals surface area contributed by atoms with Crippen LogP contribution in [0.2, 0.25) is 0 Å². The Hall–Kier alpha value is -0.910. The number of benzene rings is 1. The Labute approximate surface area is 109 Å². The van der Waals surface area contributed by atoms with Crippen LogP contribution in [0.25, 0.3) is 0 Å². The Balaban J connectivity index is 2.05. The molecule has 0 unspecified atom stereocenters. The van der Waals surface area contributed by atoms with Gasteiger partial charge in [0.25, 0.3) is 0 Å². The average Bonchev–Trinajstić information content (AvgIpc) is 3.12. The maximum Gasteiger partial charge on any atom is 0.240 e. The standard InChI is InChI=1S/C13H20N2O2S/c1-10-8-13(5-4-12(10)9-14)18(16,17)15-7-6-11-2-3-11/h4-5,8,11,15H,2-3,6-7,9,14H2,1H3. The van der Waals surface area contributed by atoms with Gasteiger partial charge in [-0.25, -0.2) is 13.1 Å². The van der Waals surface area contributed by atoms with Crippen LogP contribution in [0.1, 0.15) is 30.4 Å². The van der Waals surface area contributed by atoms with Crippen LogP contribution in [0.15, 0.2) is 23.1 Å². The Morgan fingerprint density at radius 2 is 2.11 bits per heavy atom. The van der Waals surface area contributed by atoms with Crippen LogP contribution in [0, 0.1) is 12.8 Å². The molecule has 1 saturated carbocycles. The predicted molar refractivity (Wildman–Crippen MR) is 71.6 cm³/mol. The van der Waals surface area contributed by atoms with E-state index in [2.05, 4.69) is 4.72 Å². The molecule has 0 atom stereocenters. The van der Waals surface area contributed by atoms with Crippen molar-refractivity contribution in [1.82, 2.24) is 4.72 Å². The minimum atomic E-state index is -3.37. The zero-order valence-corrected chi connectivity index (χ0v) is 11.5. The summed E-state index contributed by atoms with van der Waals surface area (Å²) < 4.78 is 26.7. The molecule has 4 nitrogen and oxygen atoms in total. The molecule has 1 aliphatic rings. The van der Waals surface area contributed by atoms with E-state index in [4.69, 9.17) is 5.73 Å². The van der Waals surface area contributed by atoms with Crippen molar-refractivity contribution in [2.24, 2.45) is 11.7 Å². The van der Waals surface area contributed by atoms with Crippen molar-refractivity contribution >= 4 is 10.0 Å². The largest absolute Gasteiger partial charge is 0.326 e.